The Morgan fingerprint density at radius 3 is 2.20 bits per heavy atom. The highest BCUT2D eigenvalue weighted by molar-refractivity contribution is 4.77. The summed E-state index contributed by atoms with van der Waals surface area (Å²) in [7, 11) is 0. The molecule has 0 radical (unpaired) electrons. The van der Waals surface area contributed by atoms with Gasteiger partial charge in [0.2, 0.25) is 0 Å². The molecule has 0 amide bonds. The van der Waals surface area contributed by atoms with Gasteiger partial charge in [0.25, 0.3) is 0 Å². The zero-order chi connectivity index (χ0) is 14.8. The predicted molar refractivity (Wildman–Crippen MR) is 89.4 cm³/mol. The molecule has 0 aromatic heterocycles. The van der Waals surface area contributed by atoms with Gasteiger partial charge in [0.05, 0.1) is 0 Å². The maximum Gasteiger partial charge on any atom is 0.0192 e. The van der Waals surface area contributed by atoms with Gasteiger partial charge in [0.15, 0.2) is 0 Å². The largest absolute Gasteiger partial charge is 0.312 e. The van der Waals surface area contributed by atoms with Crippen molar-refractivity contribution in [3.05, 3.63) is 0 Å². The summed E-state index contributed by atoms with van der Waals surface area (Å²) < 4.78 is 0. The minimum Gasteiger partial charge on any atom is -0.312 e. The second-order valence-electron chi connectivity index (χ2n) is 6.25. The molecule has 120 valence electrons. The second-order valence-corrected chi connectivity index (χ2v) is 6.25. The molecule has 3 heteroatoms. The van der Waals surface area contributed by atoms with Crippen LogP contribution in [0, 0.1) is 0 Å². The Bertz CT molecular complexity index is 222. The fourth-order valence-electron chi connectivity index (χ4n) is 3.32. The molecule has 0 saturated heterocycles. The van der Waals surface area contributed by atoms with Crippen LogP contribution in [0.15, 0.2) is 0 Å². The standard InChI is InChI=1S/C17H37N3/c1-5-19(6-2)13-10-14-20(7-3)16(4)15-18-17-11-8-9-12-17/h16-18H,5-15H2,1-4H3. The van der Waals surface area contributed by atoms with Crippen LogP contribution in [0.1, 0.15) is 59.8 Å². The van der Waals surface area contributed by atoms with Crippen molar-refractivity contribution in [2.75, 3.05) is 39.3 Å². The third-order valence-electron chi connectivity index (χ3n) is 4.90. The summed E-state index contributed by atoms with van der Waals surface area (Å²) in [4.78, 5) is 5.15. The molecule has 1 aliphatic carbocycles. The van der Waals surface area contributed by atoms with Crippen LogP contribution >= 0.6 is 0 Å². The molecule has 0 spiro atoms. The summed E-state index contributed by atoms with van der Waals surface area (Å²) in [5.41, 5.74) is 0. The van der Waals surface area contributed by atoms with E-state index in [2.05, 4.69) is 42.8 Å². The molecule has 0 aromatic carbocycles. The molecule has 20 heavy (non-hydrogen) atoms. The first-order valence-electron chi connectivity index (χ1n) is 8.90. The van der Waals surface area contributed by atoms with E-state index < -0.39 is 0 Å². The topological polar surface area (TPSA) is 18.5 Å². The van der Waals surface area contributed by atoms with Gasteiger partial charge in [-0.3, -0.25) is 4.90 Å². The molecule has 3 nitrogen and oxygen atoms in total. The number of likely N-dealkylation sites (N-methyl/N-ethyl adjacent to an activating group) is 1. The predicted octanol–water partition coefficient (Wildman–Crippen LogP) is 2.96. The van der Waals surface area contributed by atoms with Gasteiger partial charge in [-0.2, -0.15) is 0 Å². The number of hydrogen-bond donors (Lipinski definition) is 1. The lowest BCUT2D eigenvalue weighted by atomic mass is 10.2. The van der Waals surface area contributed by atoms with Gasteiger partial charge in [0.1, 0.15) is 0 Å². The van der Waals surface area contributed by atoms with E-state index in [1.54, 1.807) is 0 Å². The Labute approximate surface area is 127 Å². The lowest BCUT2D eigenvalue weighted by Crippen LogP contribution is -2.43. The van der Waals surface area contributed by atoms with E-state index in [4.69, 9.17) is 0 Å². The van der Waals surface area contributed by atoms with E-state index >= 15 is 0 Å². The van der Waals surface area contributed by atoms with Crippen molar-refractivity contribution in [3.63, 3.8) is 0 Å². The molecular formula is C17H37N3. The van der Waals surface area contributed by atoms with Crippen molar-refractivity contribution >= 4 is 0 Å². The number of nitrogens with one attached hydrogen (secondary N) is 1. The van der Waals surface area contributed by atoms with Gasteiger partial charge in [-0.15, -0.1) is 0 Å². The molecule has 1 atom stereocenters. The highest BCUT2D eigenvalue weighted by Crippen LogP contribution is 2.17. The second kappa shape index (κ2) is 10.6. The van der Waals surface area contributed by atoms with Crippen LogP contribution in [0.4, 0.5) is 0 Å². The number of nitrogens with zero attached hydrogens (tertiary/aromatic N) is 2. The Hall–Kier alpha value is -0.120. The molecule has 0 bridgehead atoms. The van der Waals surface area contributed by atoms with Crippen LogP contribution in [0.25, 0.3) is 0 Å². The quantitative estimate of drug-likeness (QED) is 0.629. The highest BCUT2D eigenvalue weighted by Gasteiger charge is 2.17. The van der Waals surface area contributed by atoms with Gasteiger partial charge in [-0.1, -0.05) is 33.6 Å². The molecule has 1 saturated carbocycles. The third-order valence-corrected chi connectivity index (χ3v) is 4.90. The smallest absolute Gasteiger partial charge is 0.0192 e. The van der Waals surface area contributed by atoms with E-state index in [9.17, 15) is 0 Å². The average molecular weight is 284 g/mol. The van der Waals surface area contributed by atoms with Crippen molar-refractivity contribution in [1.29, 1.82) is 0 Å². The van der Waals surface area contributed by atoms with Crippen LogP contribution in [-0.4, -0.2) is 61.2 Å². The van der Waals surface area contributed by atoms with Crippen LogP contribution in [0.2, 0.25) is 0 Å². The molecule has 1 rings (SSSR count). The number of hydrogen-bond acceptors (Lipinski definition) is 3. The lowest BCUT2D eigenvalue weighted by Gasteiger charge is -2.30. The zero-order valence-electron chi connectivity index (χ0n) is 14.3. The minimum absolute atomic E-state index is 0.664. The van der Waals surface area contributed by atoms with Gasteiger partial charge < -0.3 is 10.2 Å². The zero-order valence-corrected chi connectivity index (χ0v) is 14.3. The maximum absolute atomic E-state index is 3.77. The van der Waals surface area contributed by atoms with E-state index in [0.29, 0.717) is 6.04 Å². The molecule has 1 unspecified atom stereocenters. The Morgan fingerprint density at radius 1 is 1.00 bits per heavy atom. The minimum atomic E-state index is 0.664. The molecule has 0 aromatic rings. The lowest BCUT2D eigenvalue weighted by molar-refractivity contribution is 0.192. The van der Waals surface area contributed by atoms with Crippen molar-refractivity contribution in [2.24, 2.45) is 0 Å². The number of rotatable bonds is 11. The Morgan fingerprint density at radius 2 is 1.65 bits per heavy atom. The average Bonchev–Trinajstić information content (AvgIpc) is 2.98. The first-order chi connectivity index (χ1) is 9.71. The van der Waals surface area contributed by atoms with E-state index in [1.807, 2.05) is 0 Å². The Balaban J connectivity index is 2.18. The molecule has 1 fully saturated rings. The van der Waals surface area contributed by atoms with Gasteiger partial charge in [0, 0.05) is 18.6 Å². The monoisotopic (exact) mass is 283 g/mol. The molecule has 1 N–H and O–H groups in total. The van der Waals surface area contributed by atoms with E-state index in [1.165, 1.54) is 64.8 Å². The van der Waals surface area contributed by atoms with Gasteiger partial charge in [-0.05, 0) is 58.9 Å². The molecule has 0 heterocycles. The summed E-state index contributed by atoms with van der Waals surface area (Å²) >= 11 is 0. The Kier molecular flexibility index (Phi) is 9.49. The van der Waals surface area contributed by atoms with Crippen LogP contribution in [0.3, 0.4) is 0 Å². The van der Waals surface area contributed by atoms with Crippen LogP contribution in [-0.2, 0) is 0 Å². The van der Waals surface area contributed by atoms with Crippen molar-refractivity contribution in [1.82, 2.24) is 15.1 Å². The summed E-state index contributed by atoms with van der Waals surface area (Å²) in [6.45, 7) is 16.4. The fraction of sp³-hybridized carbons (Fsp3) is 1.00. The maximum atomic E-state index is 3.77. The van der Waals surface area contributed by atoms with Crippen molar-refractivity contribution < 1.29 is 0 Å². The highest BCUT2D eigenvalue weighted by atomic mass is 15.2. The summed E-state index contributed by atoms with van der Waals surface area (Å²) in [5.74, 6) is 0. The first kappa shape index (κ1) is 17.9. The normalized spacial score (nSPS) is 18.3. The summed E-state index contributed by atoms with van der Waals surface area (Å²) in [5, 5.41) is 3.77. The first-order valence-corrected chi connectivity index (χ1v) is 8.90. The fourth-order valence-corrected chi connectivity index (χ4v) is 3.32. The third kappa shape index (κ3) is 6.55. The van der Waals surface area contributed by atoms with E-state index in [-0.39, 0.29) is 0 Å². The van der Waals surface area contributed by atoms with Crippen LogP contribution in [0.5, 0.6) is 0 Å². The van der Waals surface area contributed by atoms with Gasteiger partial charge in [-0.25, -0.2) is 0 Å². The molecule has 0 aliphatic heterocycles. The van der Waals surface area contributed by atoms with Crippen molar-refractivity contribution in [2.45, 2.75) is 71.9 Å². The van der Waals surface area contributed by atoms with Gasteiger partial charge >= 0.3 is 0 Å². The van der Waals surface area contributed by atoms with E-state index in [0.717, 1.165) is 12.6 Å². The SMILES string of the molecule is CCN(CC)CCCN(CC)C(C)CNC1CCCC1. The van der Waals surface area contributed by atoms with Crippen LogP contribution < -0.4 is 5.32 Å². The van der Waals surface area contributed by atoms with Crippen molar-refractivity contribution in [3.8, 4) is 0 Å². The molecular weight excluding hydrogens is 246 g/mol. The summed E-state index contributed by atoms with van der Waals surface area (Å²) in [6.07, 6.45) is 6.92. The summed E-state index contributed by atoms with van der Waals surface area (Å²) in [6, 6.07) is 1.46. The molecule has 1 aliphatic rings.